The Bertz CT molecular complexity index is 983. The highest BCUT2D eigenvalue weighted by Gasteiger charge is 2.16. The third-order valence-electron chi connectivity index (χ3n) is 3.62. The Kier molecular flexibility index (Phi) is 6.25. The summed E-state index contributed by atoms with van der Waals surface area (Å²) in [6.45, 7) is 2.58. The van der Waals surface area contributed by atoms with E-state index in [4.69, 9.17) is 17.0 Å². The number of ether oxygens (including phenoxy) is 1. The molecule has 1 aromatic carbocycles. The van der Waals surface area contributed by atoms with Gasteiger partial charge in [-0.15, -0.1) is 11.3 Å². The average molecular weight is 465 g/mol. The Morgan fingerprint density at radius 3 is 2.89 bits per heavy atom. The monoisotopic (exact) mass is 464 g/mol. The first kappa shape index (κ1) is 19.5. The zero-order valence-electron chi connectivity index (χ0n) is 14.7. The van der Waals surface area contributed by atoms with Crippen molar-refractivity contribution in [3.63, 3.8) is 0 Å². The first-order valence-electron chi connectivity index (χ1n) is 7.98. The van der Waals surface area contributed by atoms with Crippen molar-refractivity contribution in [2.75, 3.05) is 17.7 Å². The molecule has 0 radical (unpaired) electrons. The molecule has 2 aromatic heterocycles. The fourth-order valence-corrected chi connectivity index (χ4v) is 4.01. The Labute approximate surface area is 174 Å². The number of thiocarbonyl (C=S) groups is 1. The Morgan fingerprint density at radius 2 is 2.19 bits per heavy atom. The minimum absolute atomic E-state index is 0.392. The highest BCUT2D eigenvalue weighted by atomic mass is 79.9. The summed E-state index contributed by atoms with van der Waals surface area (Å²) in [4.78, 5) is 12.9. The largest absolute Gasteiger partial charge is 0.465 e. The number of hydrogen-bond acceptors (Lipinski definition) is 5. The molecule has 6 nitrogen and oxygen atoms in total. The van der Waals surface area contributed by atoms with Crippen molar-refractivity contribution < 1.29 is 9.53 Å². The fourth-order valence-electron chi connectivity index (χ4n) is 2.49. The molecule has 0 saturated carbocycles. The second kappa shape index (κ2) is 8.64. The number of esters is 1. The van der Waals surface area contributed by atoms with Crippen molar-refractivity contribution in [3.05, 3.63) is 63.2 Å². The van der Waals surface area contributed by atoms with E-state index in [0.717, 1.165) is 20.6 Å². The van der Waals surface area contributed by atoms with Crippen LogP contribution in [0.5, 0.6) is 0 Å². The number of rotatable bonds is 5. The number of hydrogen-bond donors (Lipinski definition) is 2. The number of nitrogens with one attached hydrogen (secondary N) is 2. The van der Waals surface area contributed by atoms with Crippen molar-refractivity contribution >= 4 is 61.3 Å². The van der Waals surface area contributed by atoms with Crippen LogP contribution in [0.2, 0.25) is 0 Å². The summed E-state index contributed by atoms with van der Waals surface area (Å²) in [6, 6.07) is 9.69. The van der Waals surface area contributed by atoms with Crippen molar-refractivity contribution in [1.82, 2.24) is 9.78 Å². The number of halogens is 1. The molecule has 0 fully saturated rings. The Morgan fingerprint density at radius 1 is 1.37 bits per heavy atom. The first-order valence-corrected chi connectivity index (χ1v) is 10.00. The number of methoxy groups -OCH3 is 1. The van der Waals surface area contributed by atoms with Gasteiger partial charge in [0.2, 0.25) is 0 Å². The van der Waals surface area contributed by atoms with Crippen LogP contribution in [0.25, 0.3) is 0 Å². The van der Waals surface area contributed by atoms with Gasteiger partial charge < -0.3 is 15.4 Å². The number of nitrogens with zero attached hydrogens (tertiary/aromatic N) is 2. The summed E-state index contributed by atoms with van der Waals surface area (Å²) in [5.74, 6) is -0.392. The SMILES string of the molecule is COC(=O)c1cc(C)sc1NC(=S)Nc1cccc(Cn2cc(Br)cn2)c1. The molecule has 0 spiro atoms. The highest BCUT2D eigenvalue weighted by molar-refractivity contribution is 9.10. The normalized spacial score (nSPS) is 10.5. The molecule has 0 saturated heterocycles. The average Bonchev–Trinajstić information content (AvgIpc) is 3.19. The molecule has 0 bridgehead atoms. The summed E-state index contributed by atoms with van der Waals surface area (Å²) in [7, 11) is 1.36. The summed E-state index contributed by atoms with van der Waals surface area (Å²) in [6.07, 6.45) is 3.67. The minimum Gasteiger partial charge on any atom is -0.465 e. The molecule has 3 aromatic rings. The van der Waals surface area contributed by atoms with Gasteiger partial charge in [-0.3, -0.25) is 4.68 Å². The molecule has 3 rings (SSSR count). The lowest BCUT2D eigenvalue weighted by Gasteiger charge is -2.11. The van der Waals surface area contributed by atoms with Crippen molar-refractivity contribution in [2.45, 2.75) is 13.5 Å². The van der Waals surface area contributed by atoms with Crippen molar-refractivity contribution in [1.29, 1.82) is 0 Å². The van der Waals surface area contributed by atoms with E-state index in [1.54, 1.807) is 12.3 Å². The number of aromatic nitrogens is 2. The molecule has 0 aliphatic rings. The van der Waals surface area contributed by atoms with Crippen molar-refractivity contribution in [3.8, 4) is 0 Å². The van der Waals surface area contributed by atoms with E-state index in [9.17, 15) is 4.79 Å². The molecule has 2 heterocycles. The van der Waals surface area contributed by atoms with E-state index in [1.165, 1.54) is 18.4 Å². The third kappa shape index (κ3) is 5.15. The predicted molar refractivity (Wildman–Crippen MR) is 116 cm³/mol. The van der Waals surface area contributed by atoms with Gasteiger partial charge in [-0.1, -0.05) is 12.1 Å². The number of aryl methyl sites for hydroxylation is 1. The van der Waals surface area contributed by atoms with E-state index in [-0.39, 0.29) is 0 Å². The van der Waals surface area contributed by atoms with Crippen LogP contribution in [0.4, 0.5) is 10.7 Å². The summed E-state index contributed by atoms with van der Waals surface area (Å²) < 4.78 is 7.60. The van der Waals surface area contributed by atoms with Gasteiger partial charge in [-0.2, -0.15) is 5.10 Å². The number of thiophene rings is 1. The Hall–Kier alpha value is -2.23. The fraction of sp³-hybridized carbons (Fsp3) is 0.167. The van der Waals surface area contributed by atoms with Crippen LogP contribution in [0.15, 0.2) is 47.2 Å². The molecular formula is C18H17BrN4O2S2. The van der Waals surface area contributed by atoms with Crippen molar-refractivity contribution in [2.24, 2.45) is 0 Å². The molecule has 0 aliphatic heterocycles. The summed E-state index contributed by atoms with van der Waals surface area (Å²) in [5, 5.41) is 11.6. The maximum absolute atomic E-state index is 11.9. The summed E-state index contributed by atoms with van der Waals surface area (Å²) >= 11 is 10.2. The third-order valence-corrected chi connectivity index (χ3v) is 5.20. The van der Waals surface area contributed by atoms with Crippen LogP contribution < -0.4 is 10.6 Å². The van der Waals surface area contributed by atoms with E-state index in [0.29, 0.717) is 22.2 Å². The molecule has 140 valence electrons. The molecule has 27 heavy (non-hydrogen) atoms. The molecule has 2 N–H and O–H groups in total. The number of carbonyl (C=O) groups is 1. The standard InChI is InChI=1S/C18H17BrN4O2S2/c1-11-6-15(17(24)25-2)16(27-11)22-18(26)21-14-5-3-4-12(7-14)9-23-10-13(19)8-20-23/h3-8,10H,9H2,1-2H3,(H2,21,22,26). The summed E-state index contributed by atoms with van der Waals surface area (Å²) in [5.41, 5.74) is 2.41. The van der Waals surface area contributed by atoms with E-state index >= 15 is 0 Å². The molecular weight excluding hydrogens is 448 g/mol. The van der Waals surface area contributed by atoms with Crippen LogP contribution in [0.1, 0.15) is 20.8 Å². The lowest BCUT2D eigenvalue weighted by molar-refractivity contribution is 0.0602. The number of carbonyl (C=O) groups excluding carboxylic acids is 1. The van der Waals surface area contributed by atoms with Gasteiger partial charge in [0.05, 0.1) is 29.9 Å². The lowest BCUT2D eigenvalue weighted by Crippen LogP contribution is -2.20. The zero-order valence-corrected chi connectivity index (χ0v) is 17.9. The van der Waals surface area contributed by atoms with Gasteiger partial charge in [-0.25, -0.2) is 4.79 Å². The van der Waals surface area contributed by atoms with Gasteiger partial charge in [0.1, 0.15) is 5.00 Å². The quantitative estimate of drug-likeness (QED) is 0.422. The maximum Gasteiger partial charge on any atom is 0.340 e. The topological polar surface area (TPSA) is 68.2 Å². The second-order valence-electron chi connectivity index (χ2n) is 5.73. The maximum atomic E-state index is 11.9. The van der Waals surface area contributed by atoms with Gasteiger partial charge in [0.15, 0.2) is 5.11 Å². The Balaban J connectivity index is 1.68. The second-order valence-corrected chi connectivity index (χ2v) is 8.31. The van der Waals surface area contributed by atoms with E-state index < -0.39 is 5.97 Å². The molecule has 0 atom stereocenters. The van der Waals surface area contributed by atoms with Crippen LogP contribution in [-0.2, 0) is 11.3 Å². The smallest absolute Gasteiger partial charge is 0.340 e. The lowest BCUT2D eigenvalue weighted by atomic mass is 10.2. The van der Waals surface area contributed by atoms with Gasteiger partial charge in [-0.05, 0) is 58.8 Å². The van der Waals surface area contributed by atoms with E-state index in [2.05, 4.69) is 31.7 Å². The highest BCUT2D eigenvalue weighted by Crippen LogP contribution is 2.28. The molecule has 0 amide bonds. The zero-order chi connectivity index (χ0) is 19.4. The number of benzene rings is 1. The molecule has 0 unspecified atom stereocenters. The van der Waals surface area contributed by atoms with Crippen LogP contribution >= 0.6 is 39.5 Å². The van der Waals surface area contributed by atoms with Crippen LogP contribution in [0, 0.1) is 6.92 Å². The van der Waals surface area contributed by atoms with E-state index in [1.807, 2.05) is 42.1 Å². The minimum atomic E-state index is -0.392. The number of anilines is 2. The van der Waals surface area contributed by atoms with Gasteiger partial charge >= 0.3 is 5.97 Å². The van der Waals surface area contributed by atoms with Gasteiger partial charge in [0, 0.05) is 16.8 Å². The molecule has 9 heteroatoms. The van der Waals surface area contributed by atoms with Crippen LogP contribution in [0.3, 0.4) is 0 Å². The van der Waals surface area contributed by atoms with Gasteiger partial charge in [0.25, 0.3) is 0 Å². The predicted octanol–water partition coefficient (Wildman–Crippen LogP) is 4.66. The first-order chi connectivity index (χ1) is 12.9. The van der Waals surface area contributed by atoms with Crippen LogP contribution in [-0.4, -0.2) is 28.0 Å². The molecule has 0 aliphatic carbocycles.